The lowest BCUT2D eigenvalue weighted by molar-refractivity contribution is 0.0940. The molecule has 0 saturated carbocycles. The lowest BCUT2D eigenvalue weighted by Gasteiger charge is -2.37. The second-order valence-corrected chi connectivity index (χ2v) is 6.66. The van der Waals surface area contributed by atoms with E-state index in [0.29, 0.717) is 17.9 Å². The quantitative estimate of drug-likeness (QED) is 0.728. The summed E-state index contributed by atoms with van der Waals surface area (Å²) < 4.78 is 5.35. The molecule has 3 heterocycles. The van der Waals surface area contributed by atoms with Crippen molar-refractivity contribution >= 4 is 11.6 Å². The molecule has 132 valence electrons. The Bertz CT molecular complexity index is 920. The second-order valence-electron chi connectivity index (χ2n) is 6.66. The highest BCUT2D eigenvalue weighted by molar-refractivity contribution is 6.05. The first-order valence-electron chi connectivity index (χ1n) is 8.58. The predicted octanol–water partition coefficient (Wildman–Crippen LogP) is 2.87. The fourth-order valence-electron chi connectivity index (χ4n) is 3.26. The average molecular weight is 348 g/mol. The van der Waals surface area contributed by atoms with Crippen LogP contribution in [-0.2, 0) is 6.42 Å². The standard InChI is InChI=1S/C20H20N4O2/c1-23(2)15-11-14-7-3-4-9-18(14)24(13-15)20(25)19-12-17(22-26-19)16-8-5-6-10-21-16/h3-10,12,15H,11,13H2,1-2H3/t15-/m0/s1. The zero-order valence-electron chi connectivity index (χ0n) is 14.8. The minimum atomic E-state index is -0.182. The summed E-state index contributed by atoms with van der Waals surface area (Å²) in [4.78, 5) is 21.3. The summed E-state index contributed by atoms with van der Waals surface area (Å²) in [6.45, 7) is 0.614. The van der Waals surface area contributed by atoms with Gasteiger partial charge in [-0.05, 0) is 44.3 Å². The summed E-state index contributed by atoms with van der Waals surface area (Å²) in [5.41, 5.74) is 3.34. The Kier molecular flexibility index (Phi) is 4.26. The first kappa shape index (κ1) is 16.5. The van der Waals surface area contributed by atoms with E-state index in [2.05, 4.69) is 21.1 Å². The van der Waals surface area contributed by atoms with Gasteiger partial charge in [-0.2, -0.15) is 0 Å². The molecule has 0 bridgehead atoms. The molecule has 3 aromatic rings. The zero-order valence-corrected chi connectivity index (χ0v) is 14.8. The molecule has 0 unspecified atom stereocenters. The number of aromatic nitrogens is 2. The van der Waals surface area contributed by atoms with Crippen molar-refractivity contribution in [3.63, 3.8) is 0 Å². The van der Waals surface area contributed by atoms with Crippen molar-refractivity contribution in [2.75, 3.05) is 25.5 Å². The Balaban J connectivity index is 1.66. The number of carbonyl (C=O) groups excluding carboxylic acids is 1. The Morgan fingerprint density at radius 3 is 2.73 bits per heavy atom. The molecule has 0 radical (unpaired) electrons. The van der Waals surface area contributed by atoms with Gasteiger partial charge in [-0.25, -0.2) is 0 Å². The molecule has 0 N–H and O–H groups in total. The largest absolute Gasteiger partial charge is 0.350 e. The number of benzene rings is 1. The van der Waals surface area contributed by atoms with Crippen LogP contribution in [0.2, 0.25) is 0 Å². The second kappa shape index (κ2) is 6.72. The number of nitrogens with zero attached hydrogens (tertiary/aromatic N) is 4. The van der Waals surface area contributed by atoms with Crippen LogP contribution in [0.25, 0.3) is 11.4 Å². The zero-order chi connectivity index (χ0) is 18.1. The van der Waals surface area contributed by atoms with Gasteiger partial charge >= 0.3 is 0 Å². The summed E-state index contributed by atoms with van der Waals surface area (Å²) in [5.74, 6) is 0.0403. The number of hydrogen-bond acceptors (Lipinski definition) is 5. The molecule has 4 rings (SSSR count). The van der Waals surface area contributed by atoms with E-state index in [0.717, 1.165) is 17.7 Å². The molecule has 1 aromatic carbocycles. The van der Waals surface area contributed by atoms with Crippen molar-refractivity contribution in [3.05, 3.63) is 66.1 Å². The number of hydrogen-bond donors (Lipinski definition) is 0. The van der Waals surface area contributed by atoms with Crippen LogP contribution < -0.4 is 4.90 Å². The normalized spacial score (nSPS) is 16.6. The third kappa shape index (κ3) is 2.99. The molecule has 0 saturated heterocycles. The molecule has 1 atom stereocenters. The topological polar surface area (TPSA) is 62.5 Å². The number of rotatable bonds is 3. The molecule has 6 nitrogen and oxygen atoms in total. The number of anilines is 1. The Morgan fingerprint density at radius 1 is 1.15 bits per heavy atom. The minimum absolute atomic E-state index is 0.182. The summed E-state index contributed by atoms with van der Waals surface area (Å²) in [7, 11) is 4.07. The summed E-state index contributed by atoms with van der Waals surface area (Å²) in [6.07, 6.45) is 2.61. The van der Waals surface area contributed by atoms with Gasteiger partial charge in [0.1, 0.15) is 5.69 Å². The Morgan fingerprint density at radius 2 is 1.96 bits per heavy atom. The fraction of sp³-hybridized carbons (Fsp3) is 0.250. The maximum atomic E-state index is 13.1. The van der Waals surface area contributed by atoms with E-state index < -0.39 is 0 Å². The lowest BCUT2D eigenvalue weighted by Crippen LogP contribution is -2.48. The van der Waals surface area contributed by atoms with E-state index in [1.165, 1.54) is 0 Å². The number of carbonyl (C=O) groups is 1. The maximum absolute atomic E-state index is 13.1. The van der Waals surface area contributed by atoms with Gasteiger partial charge in [0.25, 0.3) is 5.91 Å². The Labute approximate surface area is 152 Å². The fourth-order valence-corrected chi connectivity index (χ4v) is 3.26. The van der Waals surface area contributed by atoms with Gasteiger partial charge in [0.05, 0.1) is 5.69 Å². The van der Waals surface area contributed by atoms with E-state index in [1.807, 2.05) is 50.5 Å². The van der Waals surface area contributed by atoms with Crippen LogP contribution in [0.3, 0.4) is 0 Å². The van der Waals surface area contributed by atoms with Crippen molar-refractivity contribution < 1.29 is 9.32 Å². The van der Waals surface area contributed by atoms with E-state index in [9.17, 15) is 4.79 Å². The smallest absolute Gasteiger partial charge is 0.296 e. The van der Waals surface area contributed by atoms with Crippen molar-refractivity contribution in [3.8, 4) is 11.4 Å². The van der Waals surface area contributed by atoms with Crippen LogP contribution in [0.15, 0.2) is 59.3 Å². The van der Waals surface area contributed by atoms with Gasteiger partial charge in [0, 0.05) is 30.5 Å². The van der Waals surface area contributed by atoms with Crippen molar-refractivity contribution in [1.29, 1.82) is 0 Å². The average Bonchev–Trinajstić information content (AvgIpc) is 3.17. The minimum Gasteiger partial charge on any atom is -0.350 e. The molecule has 2 aromatic heterocycles. The monoisotopic (exact) mass is 348 g/mol. The summed E-state index contributed by atoms with van der Waals surface area (Å²) in [5, 5.41) is 4.02. The lowest BCUT2D eigenvalue weighted by atomic mass is 9.97. The highest BCUT2D eigenvalue weighted by atomic mass is 16.5. The van der Waals surface area contributed by atoms with Gasteiger partial charge in [-0.3, -0.25) is 9.78 Å². The van der Waals surface area contributed by atoms with Crippen LogP contribution in [-0.4, -0.2) is 47.6 Å². The molecule has 0 spiro atoms. The van der Waals surface area contributed by atoms with Crippen LogP contribution >= 0.6 is 0 Å². The van der Waals surface area contributed by atoms with Gasteiger partial charge in [0.15, 0.2) is 0 Å². The molecule has 1 aliphatic rings. The molecular weight excluding hydrogens is 328 g/mol. The van der Waals surface area contributed by atoms with Crippen molar-refractivity contribution in [1.82, 2.24) is 15.0 Å². The number of likely N-dealkylation sites (N-methyl/N-ethyl adjacent to an activating group) is 1. The van der Waals surface area contributed by atoms with E-state index in [4.69, 9.17) is 4.52 Å². The summed E-state index contributed by atoms with van der Waals surface area (Å²) in [6, 6.07) is 15.5. The molecule has 26 heavy (non-hydrogen) atoms. The van der Waals surface area contributed by atoms with Crippen LogP contribution in [0, 0.1) is 0 Å². The van der Waals surface area contributed by atoms with Crippen LogP contribution in [0.4, 0.5) is 5.69 Å². The molecule has 0 aliphatic carbocycles. The molecule has 6 heteroatoms. The highest BCUT2D eigenvalue weighted by Gasteiger charge is 2.31. The SMILES string of the molecule is CN(C)[C@H]1Cc2ccccc2N(C(=O)c2cc(-c3ccccn3)no2)C1. The third-order valence-electron chi connectivity index (χ3n) is 4.75. The molecule has 1 amide bonds. The third-order valence-corrected chi connectivity index (χ3v) is 4.75. The molecular formula is C20H20N4O2. The van der Waals surface area contributed by atoms with Gasteiger partial charge in [-0.15, -0.1) is 0 Å². The molecule has 0 fully saturated rings. The van der Waals surface area contributed by atoms with Crippen LogP contribution in [0.1, 0.15) is 16.1 Å². The van der Waals surface area contributed by atoms with E-state index >= 15 is 0 Å². The number of para-hydroxylation sites is 1. The van der Waals surface area contributed by atoms with Crippen molar-refractivity contribution in [2.45, 2.75) is 12.5 Å². The van der Waals surface area contributed by atoms with Crippen LogP contribution in [0.5, 0.6) is 0 Å². The summed E-state index contributed by atoms with van der Waals surface area (Å²) >= 11 is 0. The number of pyridine rings is 1. The predicted molar refractivity (Wildman–Crippen MR) is 99.0 cm³/mol. The highest BCUT2D eigenvalue weighted by Crippen LogP contribution is 2.30. The van der Waals surface area contributed by atoms with Crippen molar-refractivity contribution in [2.24, 2.45) is 0 Å². The van der Waals surface area contributed by atoms with E-state index in [-0.39, 0.29) is 17.7 Å². The van der Waals surface area contributed by atoms with Gasteiger partial charge in [0.2, 0.25) is 5.76 Å². The first-order valence-corrected chi connectivity index (χ1v) is 8.58. The van der Waals surface area contributed by atoms with Gasteiger partial charge < -0.3 is 14.3 Å². The van der Waals surface area contributed by atoms with Gasteiger partial charge in [-0.1, -0.05) is 29.4 Å². The maximum Gasteiger partial charge on any atom is 0.296 e. The first-order chi connectivity index (χ1) is 12.6. The Hall–Kier alpha value is -2.99. The molecule has 1 aliphatic heterocycles. The number of amides is 1. The van der Waals surface area contributed by atoms with E-state index in [1.54, 1.807) is 17.2 Å². The number of fused-ring (bicyclic) bond motifs is 1.